The van der Waals surface area contributed by atoms with E-state index in [-0.39, 0.29) is 18.1 Å². The van der Waals surface area contributed by atoms with E-state index in [2.05, 4.69) is 5.32 Å². The standard InChI is InChI=1S/C19H21N3O3/c1-3-21-16-10-6-7-11-17(16)22(19(21)25)12-18(24)20-15-9-5-4-8-14(15)13(2)23/h4-11,13,23H,3,12H2,1-2H3,(H,20,24). The van der Waals surface area contributed by atoms with Crippen LogP contribution in [-0.2, 0) is 17.9 Å². The monoisotopic (exact) mass is 339 g/mol. The number of para-hydroxylation sites is 3. The van der Waals surface area contributed by atoms with Crippen molar-refractivity contribution in [2.75, 3.05) is 5.32 Å². The Bertz CT molecular complexity index is 969. The van der Waals surface area contributed by atoms with Crippen LogP contribution in [0.4, 0.5) is 5.69 Å². The number of nitrogens with zero attached hydrogens (tertiary/aromatic N) is 2. The van der Waals surface area contributed by atoms with Gasteiger partial charge in [0.25, 0.3) is 0 Å². The summed E-state index contributed by atoms with van der Waals surface area (Å²) in [4.78, 5) is 25.1. The lowest BCUT2D eigenvalue weighted by Crippen LogP contribution is -2.29. The van der Waals surface area contributed by atoms with Gasteiger partial charge in [0, 0.05) is 17.8 Å². The summed E-state index contributed by atoms with van der Waals surface area (Å²) in [6, 6.07) is 14.5. The zero-order valence-electron chi connectivity index (χ0n) is 14.3. The highest BCUT2D eigenvalue weighted by atomic mass is 16.3. The maximum absolute atomic E-state index is 12.6. The van der Waals surface area contributed by atoms with E-state index < -0.39 is 6.10 Å². The number of fused-ring (bicyclic) bond motifs is 1. The number of anilines is 1. The average Bonchev–Trinajstić information content (AvgIpc) is 2.86. The number of aliphatic hydroxyl groups is 1. The molecular weight excluding hydrogens is 318 g/mol. The molecule has 3 aromatic rings. The van der Waals surface area contributed by atoms with E-state index in [0.29, 0.717) is 17.8 Å². The molecule has 1 atom stereocenters. The molecule has 0 fully saturated rings. The molecule has 130 valence electrons. The zero-order chi connectivity index (χ0) is 18.0. The van der Waals surface area contributed by atoms with Crippen LogP contribution in [0.3, 0.4) is 0 Å². The zero-order valence-corrected chi connectivity index (χ0v) is 14.3. The van der Waals surface area contributed by atoms with Gasteiger partial charge in [-0.05, 0) is 32.0 Å². The van der Waals surface area contributed by atoms with Crippen molar-refractivity contribution in [1.29, 1.82) is 0 Å². The van der Waals surface area contributed by atoms with Crippen LogP contribution in [0.1, 0.15) is 25.5 Å². The van der Waals surface area contributed by atoms with Crippen LogP contribution in [0.15, 0.2) is 53.3 Å². The predicted molar refractivity (Wildman–Crippen MR) is 97.6 cm³/mol. The molecular formula is C19H21N3O3. The van der Waals surface area contributed by atoms with Crippen LogP contribution in [0, 0.1) is 0 Å². The van der Waals surface area contributed by atoms with Crippen molar-refractivity contribution in [2.45, 2.75) is 33.0 Å². The fourth-order valence-corrected chi connectivity index (χ4v) is 3.04. The van der Waals surface area contributed by atoms with Crippen LogP contribution in [0.5, 0.6) is 0 Å². The normalized spacial score (nSPS) is 12.3. The quantitative estimate of drug-likeness (QED) is 0.750. The van der Waals surface area contributed by atoms with Crippen LogP contribution in [-0.4, -0.2) is 20.1 Å². The van der Waals surface area contributed by atoms with Gasteiger partial charge >= 0.3 is 5.69 Å². The lowest BCUT2D eigenvalue weighted by molar-refractivity contribution is -0.116. The van der Waals surface area contributed by atoms with Gasteiger partial charge in [-0.3, -0.25) is 13.9 Å². The molecule has 6 heteroatoms. The number of aromatic nitrogens is 2. The van der Waals surface area contributed by atoms with Crippen molar-refractivity contribution in [3.05, 3.63) is 64.6 Å². The third-order valence-corrected chi connectivity index (χ3v) is 4.23. The predicted octanol–water partition coefficient (Wildman–Crippen LogP) is 2.51. The first-order valence-electron chi connectivity index (χ1n) is 8.27. The second-order valence-corrected chi connectivity index (χ2v) is 5.91. The van der Waals surface area contributed by atoms with Crippen LogP contribution >= 0.6 is 0 Å². The first-order valence-corrected chi connectivity index (χ1v) is 8.27. The molecule has 0 aliphatic carbocycles. The molecule has 2 N–H and O–H groups in total. The molecule has 0 spiro atoms. The van der Waals surface area contributed by atoms with Crippen LogP contribution in [0.25, 0.3) is 11.0 Å². The molecule has 0 bridgehead atoms. The van der Waals surface area contributed by atoms with Crippen molar-refractivity contribution in [3.63, 3.8) is 0 Å². The fraction of sp³-hybridized carbons (Fsp3) is 0.263. The lowest BCUT2D eigenvalue weighted by atomic mass is 10.1. The van der Waals surface area contributed by atoms with Gasteiger partial charge < -0.3 is 10.4 Å². The fourth-order valence-electron chi connectivity index (χ4n) is 3.04. The van der Waals surface area contributed by atoms with E-state index in [1.807, 2.05) is 31.2 Å². The number of rotatable bonds is 5. The number of nitrogens with one attached hydrogen (secondary N) is 1. The number of amides is 1. The van der Waals surface area contributed by atoms with E-state index in [1.54, 1.807) is 35.8 Å². The van der Waals surface area contributed by atoms with Gasteiger partial charge in [0.2, 0.25) is 5.91 Å². The highest BCUT2D eigenvalue weighted by Gasteiger charge is 2.16. The SMILES string of the molecule is CCn1c(=O)n(CC(=O)Nc2ccccc2C(C)O)c2ccccc21. The van der Waals surface area contributed by atoms with Crippen molar-refractivity contribution in [3.8, 4) is 0 Å². The number of aliphatic hydroxyl groups excluding tert-OH is 1. The summed E-state index contributed by atoms with van der Waals surface area (Å²) in [7, 11) is 0. The molecule has 1 unspecified atom stereocenters. The Balaban J connectivity index is 1.91. The number of imidazole rings is 1. The molecule has 1 amide bonds. The van der Waals surface area contributed by atoms with E-state index >= 15 is 0 Å². The van der Waals surface area contributed by atoms with Crippen molar-refractivity contribution in [2.24, 2.45) is 0 Å². The van der Waals surface area contributed by atoms with Gasteiger partial charge in [0.1, 0.15) is 6.54 Å². The average molecular weight is 339 g/mol. The third-order valence-electron chi connectivity index (χ3n) is 4.23. The Morgan fingerprint density at radius 2 is 1.68 bits per heavy atom. The number of hydrogen-bond acceptors (Lipinski definition) is 3. The van der Waals surface area contributed by atoms with Crippen LogP contribution < -0.4 is 11.0 Å². The molecule has 2 aromatic carbocycles. The Morgan fingerprint density at radius 3 is 2.32 bits per heavy atom. The number of benzene rings is 2. The number of carbonyl (C=O) groups excluding carboxylic acids is 1. The van der Waals surface area contributed by atoms with E-state index in [4.69, 9.17) is 0 Å². The number of carbonyl (C=O) groups is 1. The highest BCUT2D eigenvalue weighted by molar-refractivity contribution is 5.92. The minimum absolute atomic E-state index is 0.0828. The largest absolute Gasteiger partial charge is 0.389 e. The molecule has 0 radical (unpaired) electrons. The molecule has 1 heterocycles. The van der Waals surface area contributed by atoms with E-state index in [0.717, 1.165) is 11.0 Å². The maximum Gasteiger partial charge on any atom is 0.329 e. The molecule has 25 heavy (non-hydrogen) atoms. The second kappa shape index (κ2) is 6.94. The minimum atomic E-state index is -0.693. The molecule has 0 aliphatic heterocycles. The minimum Gasteiger partial charge on any atom is -0.389 e. The smallest absolute Gasteiger partial charge is 0.329 e. The molecule has 3 rings (SSSR count). The third kappa shape index (κ3) is 3.21. The molecule has 0 saturated heterocycles. The van der Waals surface area contributed by atoms with Crippen molar-refractivity contribution in [1.82, 2.24) is 9.13 Å². The second-order valence-electron chi connectivity index (χ2n) is 5.91. The van der Waals surface area contributed by atoms with Gasteiger partial charge in [0.05, 0.1) is 17.1 Å². The molecule has 1 aromatic heterocycles. The summed E-state index contributed by atoms with van der Waals surface area (Å²) in [6.45, 7) is 4.00. The van der Waals surface area contributed by atoms with Crippen molar-refractivity contribution < 1.29 is 9.90 Å². The number of aryl methyl sites for hydroxylation is 1. The lowest BCUT2D eigenvalue weighted by Gasteiger charge is -2.13. The maximum atomic E-state index is 12.6. The summed E-state index contributed by atoms with van der Waals surface area (Å²) in [6.07, 6.45) is -0.693. The first kappa shape index (κ1) is 17.0. The first-order chi connectivity index (χ1) is 12.0. The van der Waals surface area contributed by atoms with Gasteiger partial charge in [0.15, 0.2) is 0 Å². The molecule has 6 nitrogen and oxygen atoms in total. The Kier molecular flexibility index (Phi) is 4.72. The topological polar surface area (TPSA) is 76.3 Å². The molecule has 0 aliphatic rings. The van der Waals surface area contributed by atoms with E-state index in [9.17, 15) is 14.7 Å². The van der Waals surface area contributed by atoms with Crippen molar-refractivity contribution >= 4 is 22.6 Å². The van der Waals surface area contributed by atoms with Gasteiger partial charge in [-0.1, -0.05) is 30.3 Å². The summed E-state index contributed by atoms with van der Waals surface area (Å²) in [5, 5.41) is 12.6. The Labute approximate surface area is 145 Å². The number of hydrogen-bond donors (Lipinski definition) is 2. The molecule has 0 saturated carbocycles. The summed E-state index contributed by atoms with van der Waals surface area (Å²) >= 11 is 0. The van der Waals surface area contributed by atoms with E-state index in [1.165, 1.54) is 4.57 Å². The van der Waals surface area contributed by atoms with Gasteiger partial charge in [-0.2, -0.15) is 0 Å². The summed E-state index contributed by atoms with van der Waals surface area (Å²) in [5.74, 6) is -0.311. The van der Waals surface area contributed by atoms with Gasteiger partial charge in [-0.25, -0.2) is 4.79 Å². The summed E-state index contributed by atoms with van der Waals surface area (Å²) in [5.41, 5.74) is 2.53. The highest BCUT2D eigenvalue weighted by Crippen LogP contribution is 2.22. The summed E-state index contributed by atoms with van der Waals surface area (Å²) < 4.78 is 3.12. The Morgan fingerprint density at radius 1 is 1.08 bits per heavy atom. The Hall–Kier alpha value is -2.86. The van der Waals surface area contributed by atoms with Gasteiger partial charge in [-0.15, -0.1) is 0 Å². The van der Waals surface area contributed by atoms with Crippen LogP contribution in [0.2, 0.25) is 0 Å².